The molecule has 0 spiro atoms. The second kappa shape index (κ2) is 15.5. The van der Waals surface area contributed by atoms with Gasteiger partial charge in [-0.25, -0.2) is 4.79 Å². The summed E-state index contributed by atoms with van der Waals surface area (Å²) >= 11 is 0. The van der Waals surface area contributed by atoms with Crippen LogP contribution in [0.5, 0.6) is 0 Å². The normalized spacial score (nSPS) is 23.2. The summed E-state index contributed by atoms with van der Waals surface area (Å²) in [5.41, 5.74) is 6.22. The molecule has 230 valence electrons. The number of hydrogen-bond acceptors (Lipinski definition) is 5. The summed E-state index contributed by atoms with van der Waals surface area (Å²) in [5.74, 6) is 0.172. The molecule has 4 atom stereocenters. The van der Waals surface area contributed by atoms with E-state index in [9.17, 15) is 9.90 Å². The highest BCUT2D eigenvalue weighted by molar-refractivity contribution is 5.74. The molecule has 2 fully saturated rings. The summed E-state index contributed by atoms with van der Waals surface area (Å²) in [6.07, 6.45) is 5.87. The van der Waals surface area contributed by atoms with Gasteiger partial charge in [-0.05, 0) is 60.7 Å². The first kappa shape index (κ1) is 31.2. The van der Waals surface area contributed by atoms with Crippen LogP contribution in [0.25, 0.3) is 11.1 Å². The molecule has 0 saturated carbocycles. The van der Waals surface area contributed by atoms with Gasteiger partial charge in [0.2, 0.25) is 0 Å². The van der Waals surface area contributed by atoms with Crippen LogP contribution < -0.4 is 10.6 Å². The van der Waals surface area contributed by atoms with Crippen molar-refractivity contribution in [3.63, 3.8) is 0 Å². The van der Waals surface area contributed by atoms with Crippen LogP contribution in [0.2, 0.25) is 0 Å². The largest absolute Gasteiger partial charge is 0.392 e. The number of rotatable bonds is 9. The van der Waals surface area contributed by atoms with Gasteiger partial charge < -0.3 is 30.1 Å². The highest BCUT2D eigenvalue weighted by Crippen LogP contribution is 2.42. The third-order valence-electron chi connectivity index (χ3n) is 8.80. The Labute approximate surface area is 256 Å². The lowest BCUT2D eigenvalue weighted by atomic mass is 9.89. The number of carbonyl (C=O) groups excluding carboxylic acids is 1. The Kier molecular flexibility index (Phi) is 11.2. The van der Waals surface area contributed by atoms with E-state index in [0.717, 1.165) is 53.0 Å². The second-order valence-electron chi connectivity index (χ2n) is 11.9. The number of amides is 2. The van der Waals surface area contributed by atoms with Gasteiger partial charge in [0.25, 0.3) is 0 Å². The molecule has 3 N–H and O–H groups in total. The van der Waals surface area contributed by atoms with Crippen molar-refractivity contribution in [2.75, 3.05) is 26.2 Å². The zero-order chi connectivity index (χ0) is 30.0. The average molecular weight is 586 g/mol. The number of aliphatic hydroxyl groups is 1. The third kappa shape index (κ3) is 8.24. The predicted octanol–water partition coefficient (Wildman–Crippen LogP) is 6.72. The van der Waals surface area contributed by atoms with Crippen molar-refractivity contribution in [2.45, 2.75) is 77.6 Å². The van der Waals surface area contributed by atoms with E-state index in [0.29, 0.717) is 13.1 Å². The number of likely N-dealkylation sites (tertiary alicyclic amines) is 1. The zero-order valence-corrected chi connectivity index (χ0v) is 25.6. The summed E-state index contributed by atoms with van der Waals surface area (Å²) in [6, 6.07) is 24.5. The number of carbonyl (C=O) groups is 1. The van der Waals surface area contributed by atoms with E-state index in [2.05, 4.69) is 64.9 Å². The molecule has 3 aromatic carbocycles. The van der Waals surface area contributed by atoms with Crippen LogP contribution in [0, 0.1) is 5.92 Å². The van der Waals surface area contributed by atoms with Crippen LogP contribution in [0.3, 0.4) is 0 Å². The molecule has 2 saturated heterocycles. The minimum Gasteiger partial charge on any atom is -0.392 e. The van der Waals surface area contributed by atoms with Gasteiger partial charge in [0.1, 0.15) is 0 Å². The quantitative estimate of drug-likeness (QED) is 0.260. The SMILES string of the molecule is CCNC(=O)NCc1ccccc1-c1ccc([C@@H]2O[C@H](CN3CCCCCCC3)[C@H](C)[C@H](c3ccc(CO)cc3)O2)cc1. The van der Waals surface area contributed by atoms with Crippen molar-refractivity contribution in [3.8, 4) is 11.1 Å². The lowest BCUT2D eigenvalue weighted by molar-refractivity contribution is -0.276. The van der Waals surface area contributed by atoms with Gasteiger partial charge in [-0.15, -0.1) is 0 Å². The van der Waals surface area contributed by atoms with Crippen molar-refractivity contribution in [2.24, 2.45) is 5.92 Å². The van der Waals surface area contributed by atoms with E-state index < -0.39 is 6.29 Å². The van der Waals surface area contributed by atoms with Gasteiger partial charge >= 0.3 is 6.03 Å². The number of ether oxygens (including phenoxy) is 2. The van der Waals surface area contributed by atoms with Crippen molar-refractivity contribution in [1.29, 1.82) is 0 Å². The highest BCUT2D eigenvalue weighted by Gasteiger charge is 2.39. The molecule has 2 aliphatic heterocycles. The van der Waals surface area contributed by atoms with Gasteiger partial charge in [-0.2, -0.15) is 0 Å². The fourth-order valence-electron chi connectivity index (χ4n) is 6.25. The highest BCUT2D eigenvalue weighted by atomic mass is 16.7. The number of urea groups is 1. The summed E-state index contributed by atoms with van der Waals surface area (Å²) in [6.45, 7) is 8.36. The lowest BCUT2D eigenvalue weighted by Crippen LogP contribution is -2.45. The van der Waals surface area contributed by atoms with E-state index in [-0.39, 0.29) is 30.8 Å². The molecule has 2 amide bonds. The molecular formula is C36H47N3O4. The summed E-state index contributed by atoms with van der Waals surface area (Å²) in [5, 5.41) is 15.3. The third-order valence-corrected chi connectivity index (χ3v) is 8.80. The molecule has 0 radical (unpaired) electrons. The fraction of sp³-hybridized carbons (Fsp3) is 0.472. The van der Waals surface area contributed by atoms with Crippen LogP contribution in [0.1, 0.15) is 80.6 Å². The summed E-state index contributed by atoms with van der Waals surface area (Å²) in [4.78, 5) is 14.6. The van der Waals surface area contributed by atoms with Crippen LogP contribution in [-0.4, -0.2) is 48.3 Å². The molecule has 2 heterocycles. The molecule has 2 aliphatic rings. The van der Waals surface area contributed by atoms with Crippen LogP contribution >= 0.6 is 0 Å². The minimum atomic E-state index is -0.484. The Morgan fingerprint density at radius 2 is 1.53 bits per heavy atom. The van der Waals surface area contributed by atoms with Crippen molar-refractivity contribution in [3.05, 3.63) is 95.1 Å². The number of hydrogen-bond donors (Lipinski definition) is 3. The van der Waals surface area contributed by atoms with Gasteiger partial charge in [0.05, 0.1) is 18.8 Å². The molecule has 0 unspecified atom stereocenters. The lowest BCUT2D eigenvalue weighted by Gasteiger charge is -2.43. The first-order valence-electron chi connectivity index (χ1n) is 16.0. The Bertz CT molecular complexity index is 1290. The van der Waals surface area contributed by atoms with Crippen molar-refractivity contribution < 1.29 is 19.4 Å². The summed E-state index contributed by atoms with van der Waals surface area (Å²) in [7, 11) is 0. The zero-order valence-electron chi connectivity index (χ0n) is 25.6. The molecule has 0 aliphatic carbocycles. The Hall–Kier alpha value is -3.23. The van der Waals surface area contributed by atoms with E-state index >= 15 is 0 Å². The predicted molar refractivity (Wildman–Crippen MR) is 170 cm³/mol. The molecule has 3 aromatic rings. The number of nitrogens with one attached hydrogen (secondary N) is 2. The van der Waals surface area contributed by atoms with Gasteiger partial charge in [-0.3, -0.25) is 0 Å². The van der Waals surface area contributed by atoms with Crippen molar-refractivity contribution in [1.82, 2.24) is 15.5 Å². The van der Waals surface area contributed by atoms with Gasteiger partial charge in [-0.1, -0.05) is 99.0 Å². The van der Waals surface area contributed by atoms with E-state index in [1.54, 1.807) is 0 Å². The molecule has 0 aromatic heterocycles. The molecule has 0 bridgehead atoms. The maximum atomic E-state index is 12.0. The Morgan fingerprint density at radius 3 is 2.23 bits per heavy atom. The van der Waals surface area contributed by atoms with E-state index in [4.69, 9.17) is 9.47 Å². The van der Waals surface area contributed by atoms with Gasteiger partial charge in [0, 0.05) is 31.1 Å². The Balaban J connectivity index is 1.36. The molecule has 43 heavy (non-hydrogen) atoms. The monoisotopic (exact) mass is 585 g/mol. The smallest absolute Gasteiger partial charge is 0.315 e. The number of nitrogens with zero attached hydrogens (tertiary/aromatic N) is 1. The molecule has 5 rings (SSSR count). The standard InChI is InChI=1S/C36H47N3O4/c1-3-37-36(41)38-23-31-11-7-8-12-32(31)28-17-19-30(20-18-28)35-42-33(24-39-21-9-5-4-6-10-22-39)26(2)34(43-35)29-15-13-27(25-40)14-16-29/h7-8,11-20,26,33-35,40H,3-6,9-10,21-25H2,1-2H3,(H2,37,38,41)/t26-,33+,34+,35+/m0/s1. The Morgan fingerprint density at radius 1 is 0.860 bits per heavy atom. The first-order chi connectivity index (χ1) is 21.1. The molecule has 7 heteroatoms. The number of aliphatic hydroxyl groups excluding tert-OH is 1. The maximum Gasteiger partial charge on any atom is 0.315 e. The van der Waals surface area contributed by atoms with E-state index in [1.165, 1.54) is 32.1 Å². The minimum absolute atomic E-state index is 0.0291. The average Bonchev–Trinajstić information content (AvgIpc) is 3.02. The molecule has 7 nitrogen and oxygen atoms in total. The fourth-order valence-corrected chi connectivity index (χ4v) is 6.25. The first-order valence-corrected chi connectivity index (χ1v) is 16.0. The second-order valence-corrected chi connectivity index (χ2v) is 11.9. The maximum absolute atomic E-state index is 12.0. The number of benzene rings is 3. The van der Waals surface area contributed by atoms with Gasteiger partial charge in [0.15, 0.2) is 6.29 Å². The van der Waals surface area contributed by atoms with Crippen molar-refractivity contribution >= 4 is 6.03 Å². The van der Waals surface area contributed by atoms with Crippen LogP contribution in [0.15, 0.2) is 72.8 Å². The topological polar surface area (TPSA) is 83.1 Å². The van der Waals surface area contributed by atoms with E-state index in [1.807, 2.05) is 37.3 Å². The summed E-state index contributed by atoms with van der Waals surface area (Å²) < 4.78 is 13.5. The molecular weight excluding hydrogens is 538 g/mol. The van der Waals surface area contributed by atoms with Crippen LogP contribution in [-0.2, 0) is 22.6 Å². The van der Waals surface area contributed by atoms with Crippen LogP contribution in [0.4, 0.5) is 4.79 Å².